The third-order valence-electron chi connectivity index (χ3n) is 4.48. The molecule has 0 atom stereocenters. The van der Waals surface area contributed by atoms with Crippen LogP contribution < -0.4 is 15.8 Å². The number of ether oxygens (including phenoxy) is 1. The van der Waals surface area contributed by atoms with E-state index in [1.807, 2.05) is 11.0 Å². The predicted octanol–water partition coefficient (Wildman–Crippen LogP) is 2.39. The molecule has 1 fully saturated rings. The van der Waals surface area contributed by atoms with Crippen LogP contribution in [-0.2, 0) is 4.79 Å². The molecule has 3 rings (SSSR count). The first-order valence-electron chi connectivity index (χ1n) is 8.45. The van der Waals surface area contributed by atoms with Crippen LogP contribution >= 0.6 is 11.3 Å². The van der Waals surface area contributed by atoms with Gasteiger partial charge in [0.1, 0.15) is 16.4 Å². The van der Waals surface area contributed by atoms with Crippen LogP contribution in [0.2, 0.25) is 0 Å². The van der Waals surface area contributed by atoms with Crippen molar-refractivity contribution in [3.05, 3.63) is 34.7 Å². The van der Waals surface area contributed by atoms with Crippen LogP contribution in [0.1, 0.15) is 35.0 Å². The SMILES string of the molecule is COc1ccccc1C(=O)c1sc(NC2CCN(C(C)=O)CC2)nc1N. The topological polar surface area (TPSA) is 97.5 Å². The van der Waals surface area contributed by atoms with E-state index in [-0.39, 0.29) is 23.6 Å². The number of amides is 1. The minimum absolute atomic E-state index is 0.103. The number of rotatable bonds is 5. The maximum absolute atomic E-state index is 12.8. The normalized spacial score (nSPS) is 14.9. The van der Waals surface area contributed by atoms with Crippen molar-refractivity contribution < 1.29 is 14.3 Å². The molecule has 1 amide bonds. The zero-order chi connectivity index (χ0) is 18.7. The number of thiazole rings is 1. The Morgan fingerprint density at radius 3 is 2.65 bits per heavy atom. The molecule has 0 aliphatic carbocycles. The van der Waals surface area contributed by atoms with Gasteiger partial charge in [-0.15, -0.1) is 0 Å². The second kappa shape index (κ2) is 7.74. The largest absolute Gasteiger partial charge is 0.496 e. The molecule has 26 heavy (non-hydrogen) atoms. The molecule has 0 bridgehead atoms. The predicted molar refractivity (Wildman–Crippen MR) is 102 cm³/mol. The molecule has 1 aliphatic heterocycles. The van der Waals surface area contributed by atoms with Crippen molar-refractivity contribution in [2.24, 2.45) is 0 Å². The third-order valence-corrected chi connectivity index (χ3v) is 5.48. The molecule has 2 heterocycles. The molecule has 3 N–H and O–H groups in total. The summed E-state index contributed by atoms with van der Waals surface area (Å²) in [7, 11) is 1.53. The number of hydrogen-bond donors (Lipinski definition) is 2. The Kier molecular flexibility index (Phi) is 5.41. The van der Waals surface area contributed by atoms with E-state index in [1.165, 1.54) is 18.4 Å². The first-order valence-corrected chi connectivity index (χ1v) is 9.27. The fourth-order valence-electron chi connectivity index (χ4n) is 3.02. The number of carbonyl (C=O) groups is 2. The Balaban J connectivity index is 1.71. The summed E-state index contributed by atoms with van der Waals surface area (Å²) in [6.45, 7) is 3.03. The van der Waals surface area contributed by atoms with Gasteiger partial charge in [0.25, 0.3) is 0 Å². The number of nitrogens with zero attached hydrogens (tertiary/aromatic N) is 2. The van der Waals surface area contributed by atoms with Crippen LogP contribution in [0.15, 0.2) is 24.3 Å². The highest BCUT2D eigenvalue weighted by Gasteiger charge is 2.24. The minimum atomic E-state index is -0.197. The molecule has 8 heteroatoms. The van der Waals surface area contributed by atoms with E-state index < -0.39 is 0 Å². The Bertz CT molecular complexity index is 813. The molecule has 0 saturated carbocycles. The average molecular weight is 374 g/mol. The summed E-state index contributed by atoms with van der Waals surface area (Å²) >= 11 is 1.25. The van der Waals surface area contributed by atoms with E-state index >= 15 is 0 Å². The number of nitrogens with two attached hydrogens (primary N) is 1. The van der Waals surface area contributed by atoms with Crippen molar-refractivity contribution in [3.8, 4) is 5.75 Å². The van der Waals surface area contributed by atoms with Crippen LogP contribution in [0.4, 0.5) is 10.9 Å². The molecule has 0 unspecified atom stereocenters. The summed E-state index contributed by atoms with van der Waals surface area (Å²) in [5.74, 6) is 0.634. The van der Waals surface area contributed by atoms with Crippen molar-refractivity contribution in [2.45, 2.75) is 25.8 Å². The van der Waals surface area contributed by atoms with Crippen LogP contribution in [0.25, 0.3) is 0 Å². The second-order valence-corrected chi connectivity index (χ2v) is 7.19. The number of carbonyl (C=O) groups excluding carboxylic acids is 2. The van der Waals surface area contributed by atoms with Crippen LogP contribution in [-0.4, -0.2) is 47.8 Å². The highest BCUT2D eigenvalue weighted by molar-refractivity contribution is 7.18. The number of ketones is 1. The first kappa shape index (κ1) is 18.2. The van der Waals surface area contributed by atoms with E-state index in [2.05, 4.69) is 10.3 Å². The Morgan fingerprint density at radius 1 is 1.31 bits per heavy atom. The minimum Gasteiger partial charge on any atom is -0.496 e. The van der Waals surface area contributed by atoms with Crippen molar-refractivity contribution in [3.63, 3.8) is 0 Å². The number of aromatic nitrogens is 1. The molecule has 1 aliphatic rings. The standard InChI is InChI=1S/C18H22N4O3S/c1-11(23)22-9-7-12(8-10-22)20-18-21-17(19)16(26-18)15(24)13-5-3-4-6-14(13)25-2/h3-6,12H,7-10,19H2,1-2H3,(H,20,21). The lowest BCUT2D eigenvalue weighted by Gasteiger charge is -2.31. The monoisotopic (exact) mass is 374 g/mol. The molecule has 0 spiro atoms. The molecular formula is C18H22N4O3S. The molecule has 1 aromatic carbocycles. The average Bonchev–Trinajstić information content (AvgIpc) is 3.01. The number of benzene rings is 1. The summed E-state index contributed by atoms with van der Waals surface area (Å²) in [5, 5.41) is 3.97. The number of likely N-dealkylation sites (tertiary alicyclic amines) is 1. The van der Waals surface area contributed by atoms with Crippen molar-refractivity contribution in [1.82, 2.24) is 9.88 Å². The van der Waals surface area contributed by atoms with Gasteiger partial charge in [0.2, 0.25) is 11.7 Å². The van der Waals surface area contributed by atoms with Crippen LogP contribution in [0.5, 0.6) is 5.75 Å². The maximum Gasteiger partial charge on any atom is 0.219 e. The first-order chi connectivity index (χ1) is 12.5. The van der Waals surface area contributed by atoms with Gasteiger partial charge >= 0.3 is 0 Å². The van der Waals surface area contributed by atoms with Crippen LogP contribution in [0.3, 0.4) is 0 Å². The van der Waals surface area contributed by atoms with Crippen molar-refractivity contribution >= 4 is 34.0 Å². The van der Waals surface area contributed by atoms with Crippen LogP contribution in [0, 0.1) is 0 Å². The Labute approximate surface area is 156 Å². The number of para-hydroxylation sites is 1. The van der Waals surface area contributed by atoms with Gasteiger partial charge in [0.15, 0.2) is 5.13 Å². The summed E-state index contributed by atoms with van der Waals surface area (Å²) in [6, 6.07) is 7.27. The summed E-state index contributed by atoms with van der Waals surface area (Å²) in [4.78, 5) is 30.8. The molecule has 1 saturated heterocycles. The van der Waals surface area contributed by atoms with Crippen molar-refractivity contribution in [1.29, 1.82) is 0 Å². The summed E-state index contributed by atoms with van der Waals surface area (Å²) in [5.41, 5.74) is 6.45. The lowest BCUT2D eigenvalue weighted by Crippen LogP contribution is -2.41. The fraction of sp³-hybridized carbons (Fsp3) is 0.389. The Hall–Kier alpha value is -2.61. The van der Waals surface area contributed by atoms with Gasteiger partial charge in [-0.3, -0.25) is 9.59 Å². The molecule has 7 nitrogen and oxygen atoms in total. The van der Waals surface area contributed by atoms with E-state index in [1.54, 1.807) is 25.1 Å². The quantitative estimate of drug-likeness (QED) is 0.780. The van der Waals surface area contributed by atoms with Gasteiger partial charge < -0.3 is 20.7 Å². The number of piperidine rings is 1. The number of hydrogen-bond acceptors (Lipinski definition) is 7. The number of methoxy groups -OCH3 is 1. The second-order valence-electron chi connectivity index (χ2n) is 6.19. The zero-order valence-electron chi connectivity index (χ0n) is 14.8. The van der Waals surface area contributed by atoms with Gasteiger partial charge in [0, 0.05) is 26.1 Å². The van der Waals surface area contributed by atoms with E-state index in [4.69, 9.17) is 10.5 Å². The van der Waals surface area contributed by atoms with E-state index in [0.29, 0.717) is 21.3 Å². The van der Waals surface area contributed by atoms with Gasteiger partial charge in [-0.25, -0.2) is 4.98 Å². The highest BCUT2D eigenvalue weighted by Crippen LogP contribution is 2.31. The maximum atomic E-state index is 12.8. The third kappa shape index (κ3) is 3.80. The molecule has 0 radical (unpaired) electrons. The molecular weight excluding hydrogens is 352 g/mol. The highest BCUT2D eigenvalue weighted by atomic mass is 32.1. The molecule has 2 aromatic rings. The zero-order valence-corrected chi connectivity index (χ0v) is 15.6. The van der Waals surface area contributed by atoms with Crippen molar-refractivity contribution in [2.75, 3.05) is 31.2 Å². The Morgan fingerprint density at radius 2 is 2.00 bits per heavy atom. The van der Waals surface area contributed by atoms with E-state index in [9.17, 15) is 9.59 Å². The lowest BCUT2D eigenvalue weighted by molar-refractivity contribution is -0.129. The summed E-state index contributed by atoms with van der Waals surface area (Å²) < 4.78 is 5.26. The van der Waals surface area contributed by atoms with Gasteiger partial charge in [-0.2, -0.15) is 0 Å². The number of nitrogens with one attached hydrogen (secondary N) is 1. The van der Waals surface area contributed by atoms with Gasteiger partial charge in [-0.05, 0) is 25.0 Å². The van der Waals surface area contributed by atoms with Gasteiger partial charge in [0.05, 0.1) is 12.7 Å². The lowest BCUT2D eigenvalue weighted by atomic mass is 10.1. The molecule has 138 valence electrons. The van der Waals surface area contributed by atoms with E-state index in [0.717, 1.165) is 25.9 Å². The smallest absolute Gasteiger partial charge is 0.219 e. The molecule has 1 aromatic heterocycles. The fourth-order valence-corrected chi connectivity index (χ4v) is 3.94. The number of nitrogen functional groups attached to an aromatic ring is 1. The number of anilines is 2. The van der Waals surface area contributed by atoms with Gasteiger partial charge in [-0.1, -0.05) is 23.5 Å². The summed E-state index contributed by atoms with van der Waals surface area (Å²) in [6.07, 6.45) is 1.68.